The Morgan fingerprint density at radius 3 is 1.75 bits per heavy atom. The van der Waals surface area contributed by atoms with Gasteiger partial charge in [0.2, 0.25) is 5.82 Å². The summed E-state index contributed by atoms with van der Waals surface area (Å²) in [7, 11) is 0. The minimum Gasteiger partial charge on any atom is -0.473 e. The van der Waals surface area contributed by atoms with Crippen LogP contribution < -0.4 is 0 Å². The van der Waals surface area contributed by atoms with Crippen molar-refractivity contribution in [2.45, 2.75) is 6.10 Å². The highest BCUT2D eigenvalue weighted by Gasteiger charge is 2.34. The summed E-state index contributed by atoms with van der Waals surface area (Å²) < 4.78 is 72.1. The van der Waals surface area contributed by atoms with Gasteiger partial charge in [0.25, 0.3) is 0 Å². The molecule has 0 aromatic heterocycles. The predicted molar refractivity (Wildman–Crippen MR) is 68.2 cm³/mol. The lowest BCUT2D eigenvalue weighted by Gasteiger charge is -2.19. The van der Waals surface area contributed by atoms with Crippen molar-refractivity contribution < 1.29 is 41.4 Å². The van der Waals surface area contributed by atoms with Crippen molar-refractivity contribution in [3.8, 4) is 0 Å². The van der Waals surface area contributed by atoms with Crippen LogP contribution in [0.2, 0.25) is 0 Å². The Bertz CT molecular complexity index is 778. The van der Waals surface area contributed by atoms with Crippen molar-refractivity contribution in [3.05, 3.63) is 70.5 Å². The normalized spacial score (nSPS) is 11.9. The highest BCUT2D eigenvalue weighted by atomic mass is 19.2. The van der Waals surface area contributed by atoms with E-state index >= 15 is 0 Å². The van der Waals surface area contributed by atoms with E-state index in [9.17, 15) is 31.5 Å². The Labute approximate surface area is 131 Å². The van der Waals surface area contributed by atoms with Gasteiger partial charge in [-0.1, -0.05) is 30.3 Å². The van der Waals surface area contributed by atoms with Crippen LogP contribution in [0.15, 0.2) is 30.3 Å². The topological polar surface area (TPSA) is 63.6 Å². The zero-order valence-electron chi connectivity index (χ0n) is 11.5. The van der Waals surface area contributed by atoms with E-state index in [0.29, 0.717) is 0 Å². The van der Waals surface area contributed by atoms with Crippen LogP contribution >= 0.6 is 0 Å². The second-order valence-corrected chi connectivity index (χ2v) is 4.48. The number of carboxylic acid groups (broad SMARTS) is 1. The maximum atomic E-state index is 13.9. The maximum Gasteiger partial charge on any atom is 0.418 e. The van der Waals surface area contributed by atoms with Crippen LogP contribution in [0.1, 0.15) is 17.2 Å². The minimum atomic E-state index is -2.38. The van der Waals surface area contributed by atoms with Gasteiger partial charge in [0, 0.05) is 0 Å². The molecule has 24 heavy (non-hydrogen) atoms. The first kappa shape index (κ1) is 17.4. The van der Waals surface area contributed by atoms with Gasteiger partial charge in [-0.3, -0.25) is 0 Å². The van der Waals surface area contributed by atoms with E-state index in [1.54, 1.807) is 0 Å². The number of rotatable bonds is 3. The Morgan fingerprint density at radius 2 is 1.29 bits per heavy atom. The summed E-state index contributed by atoms with van der Waals surface area (Å²) >= 11 is 0. The fourth-order valence-electron chi connectivity index (χ4n) is 1.93. The standard InChI is InChI=1S/C15H7F5O4/c16-8-7(9(17)11(19)12(20)10(8)18)13(24-15(23)14(21)22)6-4-2-1-3-5-6/h1-5,13H,(H,21,22). The van der Waals surface area contributed by atoms with Crippen molar-refractivity contribution in [2.75, 3.05) is 0 Å². The molecule has 1 atom stereocenters. The number of carbonyl (C=O) groups is 2. The second-order valence-electron chi connectivity index (χ2n) is 4.48. The number of esters is 1. The van der Waals surface area contributed by atoms with Crippen LogP contribution in [0.4, 0.5) is 22.0 Å². The predicted octanol–water partition coefficient (Wildman–Crippen LogP) is 3.10. The van der Waals surface area contributed by atoms with Crippen LogP contribution in [-0.4, -0.2) is 17.0 Å². The van der Waals surface area contributed by atoms with Crippen LogP contribution in [-0.2, 0) is 14.3 Å². The summed E-state index contributed by atoms with van der Waals surface area (Å²) in [6.45, 7) is 0. The Morgan fingerprint density at radius 1 is 0.833 bits per heavy atom. The molecule has 1 unspecified atom stereocenters. The number of hydrogen-bond acceptors (Lipinski definition) is 3. The van der Waals surface area contributed by atoms with Crippen LogP contribution in [0, 0.1) is 29.1 Å². The third-order valence-electron chi connectivity index (χ3n) is 3.01. The van der Waals surface area contributed by atoms with Crippen LogP contribution in [0.5, 0.6) is 0 Å². The van der Waals surface area contributed by atoms with Gasteiger partial charge in [0.15, 0.2) is 29.4 Å². The summed E-state index contributed by atoms with van der Waals surface area (Å²) in [5, 5.41) is 8.55. The number of halogens is 5. The Kier molecular flexibility index (Phi) is 4.82. The summed E-state index contributed by atoms with van der Waals surface area (Å²) in [4.78, 5) is 21.8. The van der Waals surface area contributed by atoms with Gasteiger partial charge in [-0.15, -0.1) is 0 Å². The van der Waals surface area contributed by atoms with E-state index in [2.05, 4.69) is 4.74 Å². The Balaban J connectivity index is 2.69. The average Bonchev–Trinajstić information content (AvgIpc) is 2.58. The first-order chi connectivity index (χ1) is 11.3. The fourth-order valence-corrected chi connectivity index (χ4v) is 1.93. The largest absolute Gasteiger partial charge is 0.473 e. The lowest BCUT2D eigenvalue weighted by Crippen LogP contribution is -2.23. The van der Waals surface area contributed by atoms with Gasteiger partial charge in [0.05, 0.1) is 5.56 Å². The van der Waals surface area contributed by atoms with Crippen molar-refractivity contribution in [3.63, 3.8) is 0 Å². The number of aliphatic carboxylic acids is 1. The smallest absolute Gasteiger partial charge is 0.418 e. The lowest BCUT2D eigenvalue weighted by atomic mass is 9.99. The number of carboxylic acids is 1. The summed E-state index contributed by atoms with van der Waals surface area (Å²) in [5.41, 5.74) is -1.65. The first-order valence-corrected chi connectivity index (χ1v) is 6.25. The van der Waals surface area contributed by atoms with E-state index in [4.69, 9.17) is 5.11 Å². The van der Waals surface area contributed by atoms with E-state index in [1.807, 2.05) is 0 Å². The molecule has 0 amide bonds. The van der Waals surface area contributed by atoms with Crippen molar-refractivity contribution in [2.24, 2.45) is 0 Å². The quantitative estimate of drug-likeness (QED) is 0.305. The molecule has 4 nitrogen and oxygen atoms in total. The molecule has 126 valence electrons. The molecule has 2 aromatic carbocycles. The summed E-state index contributed by atoms with van der Waals surface area (Å²) in [5.74, 6) is -15.3. The molecule has 1 N–H and O–H groups in total. The Hall–Kier alpha value is -2.97. The third-order valence-corrected chi connectivity index (χ3v) is 3.01. The molecule has 0 fully saturated rings. The molecule has 0 heterocycles. The molecule has 0 saturated heterocycles. The summed E-state index contributed by atoms with van der Waals surface area (Å²) in [6.07, 6.45) is -2.14. The molecule has 2 rings (SSSR count). The number of hydrogen-bond donors (Lipinski definition) is 1. The molecule has 0 spiro atoms. The van der Waals surface area contributed by atoms with Gasteiger partial charge in [-0.25, -0.2) is 31.5 Å². The van der Waals surface area contributed by atoms with E-state index < -0.39 is 52.7 Å². The highest BCUT2D eigenvalue weighted by Crippen LogP contribution is 2.34. The molecule has 2 aromatic rings. The van der Waals surface area contributed by atoms with Gasteiger partial charge >= 0.3 is 11.9 Å². The van der Waals surface area contributed by atoms with Gasteiger partial charge in [-0.05, 0) is 5.56 Å². The number of benzene rings is 2. The maximum absolute atomic E-state index is 13.9. The second kappa shape index (κ2) is 6.65. The monoisotopic (exact) mass is 346 g/mol. The van der Waals surface area contributed by atoms with E-state index in [0.717, 1.165) is 12.1 Å². The van der Waals surface area contributed by atoms with Crippen LogP contribution in [0.25, 0.3) is 0 Å². The van der Waals surface area contributed by atoms with Gasteiger partial charge in [-0.2, -0.15) is 0 Å². The molecule has 0 aliphatic rings. The lowest BCUT2D eigenvalue weighted by molar-refractivity contribution is -0.166. The van der Waals surface area contributed by atoms with Crippen molar-refractivity contribution >= 4 is 11.9 Å². The number of ether oxygens (including phenoxy) is 1. The molecule has 0 radical (unpaired) electrons. The van der Waals surface area contributed by atoms with Crippen LogP contribution in [0.3, 0.4) is 0 Å². The average molecular weight is 346 g/mol. The van der Waals surface area contributed by atoms with Crippen molar-refractivity contribution in [1.29, 1.82) is 0 Å². The van der Waals surface area contributed by atoms with Gasteiger partial charge in [0.1, 0.15) is 0 Å². The fraction of sp³-hybridized carbons (Fsp3) is 0.0667. The molecule has 0 bridgehead atoms. The highest BCUT2D eigenvalue weighted by molar-refractivity contribution is 6.28. The molecule has 0 saturated carbocycles. The van der Waals surface area contributed by atoms with Crippen molar-refractivity contribution in [1.82, 2.24) is 0 Å². The zero-order valence-corrected chi connectivity index (χ0v) is 11.5. The molecule has 0 aliphatic heterocycles. The SMILES string of the molecule is O=C(O)C(=O)OC(c1ccccc1)c1c(F)c(F)c(F)c(F)c1F. The molecule has 9 heteroatoms. The zero-order chi connectivity index (χ0) is 18.0. The summed E-state index contributed by atoms with van der Waals surface area (Å²) in [6, 6.07) is 6.47. The first-order valence-electron chi connectivity index (χ1n) is 6.25. The molecular formula is C15H7F5O4. The molecule has 0 aliphatic carbocycles. The van der Waals surface area contributed by atoms with E-state index in [-0.39, 0.29) is 5.56 Å². The van der Waals surface area contributed by atoms with Gasteiger partial charge < -0.3 is 9.84 Å². The minimum absolute atomic E-state index is 0.185. The number of carbonyl (C=O) groups excluding carboxylic acids is 1. The van der Waals surface area contributed by atoms with E-state index in [1.165, 1.54) is 18.2 Å². The third kappa shape index (κ3) is 3.05. The molecular weight excluding hydrogens is 339 g/mol.